The van der Waals surface area contributed by atoms with Crippen LogP contribution >= 0.6 is 0 Å². The molecule has 0 heterocycles. The normalized spacial score (nSPS) is 13.3. The van der Waals surface area contributed by atoms with Crippen LogP contribution in [0.15, 0.2) is 60.7 Å². The van der Waals surface area contributed by atoms with E-state index in [-0.39, 0.29) is 44.9 Å². The molecule has 11 heteroatoms. The third-order valence-corrected chi connectivity index (χ3v) is 6.62. The Labute approximate surface area is 253 Å². The summed E-state index contributed by atoms with van der Waals surface area (Å²) < 4.78 is 5.34. The summed E-state index contributed by atoms with van der Waals surface area (Å²) in [4.78, 5) is 51.6. The van der Waals surface area contributed by atoms with Gasteiger partial charge in [-0.2, -0.15) is 5.06 Å². The Kier molecular flexibility index (Phi) is 16.0. The van der Waals surface area contributed by atoms with Crippen molar-refractivity contribution in [3.05, 3.63) is 71.8 Å². The van der Waals surface area contributed by atoms with Crippen LogP contribution < -0.4 is 16.0 Å². The van der Waals surface area contributed by atoms with E-state index in [1.165, 1.54) is 0 Å². The number of benzene rings is 2. The van der Waals surface area contributed by atoms with Crippen molar-refractivity contribution in [3.63, 3.8) is 0 Å². The number of hydrogen-bond acceptors (Lipinski definition) is 7. The standard InChI is InChI=1S/C32H46N4O7/c1-4-18-43-19-17-36(42)22-29(37)33-26(16-15-24-11-7-5-8-12-24)30(38)34-27(20-23(2)3)31(39)35-28(32(40)41)21-25-13-9-6-10-14-25/h5-14,23,26-28,42H,4,15-22H2,1-3H3,(H,33,37)(H,34,38)(H,35,39)(H,40,41)/t26-,27-,28-/m0/s1. The molecule has 11 nitrogen and oxygen atoms in total. The molecule has 2 aromatic rings. The largest absolute Gasteiger partial charge is 0.480 e. The summed E-state index contributed by atoms with van der Waals surface area (Å²) in [7, 11) is 0. The summed E-state index contributed by atoms with van der Waals surface area (Å²) in [5, 5.41) is 28.7. The van der Waals surface area contributed by atoms with Crippen molar-refractivity contribution < 1.29 is 34.2 Å². The van der Waals surface area contributed by atoms with Crippen molar-refractivity contribution in [1.82, 2.24) is 21.0 Å². The van der Waals surface area contributed by atoms with E-state index < -0.39 is 41.8 Å². The van der Waals surface area contributed by atoms with Gasteiger partial charge in [-0.1, -0.05) is 81.4 Å². The molecule has 3 amide bonds. The van der Waals surface area contributed by atoms with Gasteiger partial charge in [0.1, 0.15) is 24.7 Å². The number of hydroxylamine groups is 2. The van der Waals surface area contributed by atoms with Crippen LogP contribution in [0.3, 0.4) is 0 Å². The van der Waals surface area contributed by atoms with Gasteiger partial charge in [0, 0.05) is 19.6 Å². The maximum absolute atomic E-state index is 13.5. The molecule has 2 rings (SSSR count). The number of ether oxygens (including phenoxy) is 1. The lowest BCUT2D eigenvalue weighted by atomic mass is 10.00. The van der Waals surface area contributed by atoms with Crippen LogP contribution in [0, 0.1) is 5.92 Å². The van der Waals surface area contributed by atoms with E-state index >= 15 is 0 Å². The number of nitrogens with one attached hydrogen (secondary N) is 3. The van der Waals surface area contributed by atoms with Crippen molar-refractivity contribution >= 4 is 23.7 Å². The molecule has 0 saturated heterocycles. The lowest BCUT2D eigenvalue weighted by Gasteiger charge is -2.26. The van der Waals surface area contributed by atoms with E-state index in [1.54, 1.807) is 24.3 Å². The summed E-state index contributed by atoms with van der Waals surface area (Å²) in [5.41, 5.74) is 1.71. The highest BCUT2D eigenvalue weighted by Gasteiger charge is 2.30. The summed E-state index contributed by atoms with van der Waals surface area (Å²) in [6, 6.07) is 15.2. The Bertz CT molecular complexity index is 1130. The predicted octanol–water partition coefficient (Wildman–Crippen LogP) is 2.56. The van der Waals surface area contributed by atoms with Crippen LogP contribution in [0.1, 0.15) is 51.2 Å². The second-order valence-corrected chi connectivity index (χ2v) is 10.9. The van der Waals surface area contributed by atoms with Gasteiger partial charge in [-0.25, -0.2) is 4.79 Å². The van der Waals surface area contributed by atoms with Gasteiger partial charge in [0.05, 0.1) is 6.61 Å². The maximum atomic E-state index is 13.5. The first-order chi connectivity index (χ1) is 20.6. The molecule has 236 valence electrons. The Hall–Kier alpha value is -3.80. The van der Waals surface area contributed by atoms with Crippen molar-refractivity contribution in [2.75, 3.05) is 26.3 Å². The van der Waals surface area contributed by atoms with Gasteiger partial charge < -0.3 is 31.0 Å². The number of aryl methyl sites for hydroxylation is 1. The van der Waals surface area contributed by atoms with E-state index in [0.29, 0.717) is 13.0 Å². The van der Waals surface area contributed by atoms with E-state index in [9.17, 15) is 29.5 Å². The molecule has 0 fully saturated rings. The van der Waals surface area contributed by atoms with E-state index in [2.05, 4.69) is 16.0 Å². The van der Waals surface area contributed by atoms with Crippen LogP contribution in [0.2, 0.25) is 0 Å². The lowest BCUT2D eigenvalue weighted by Crippen LogP contribution is -2.57. The molecular formula is C32H46N4O7. The summed E-state index contributed by atoms with van der Waals surface area (Å²) >= 11 is 0. The molecule has 5 N–H and O–H groups in total. The van der Waals surface area contributed by atoms with Gasteiger partial charge in [0.2, 0.25) is 17.7 Å². The van der Waals surface area contributed by atoms with Crippen molar-refractivity contribution in [2.24, 2.45) is 5.92 Å². The fourth-order valence-electron chi connectivity index (χ4n) is 4.42. The van der Waals surface area contributed by atoms with Gasteiger partial charge in [-0.3, -0.25) is 14.4 Å². The van der Waals surface area contributed by atoms with Gasteiger partial charge in [0.25, 0.3) is 0 Å². The fraction of sp³-hybridized carbons (Fsp3) is 0.500. The molecule has 3 atom stereocenters. The highest BCUT2D eigenvalue weighted by molar-refractivity contribution is 5.93. The fourth-order valence-corrected chi connectivity index (χ4v) is 4.42. The number of rotatable bonds is 20. The third kappa shape index (κ3) is 14.3. The van der Waals surface area contributed by atoms with E-state index in [1.807, 2.05) is 57.2 Å². The predicted molar refractivity (Wildman–Crippen MR) is 162 cm³/mol. The summed E-state index contributed by atoms with van der Waals surface area (Å²) in [5.74, 6) is -2.94. The Morgan fingerprint density at radius 3 is 1.98 bits per heavy atom. The molecule has 0 aliphatic heterocycles. The average molecular weight is 599 g/mol. The molecule has 0 radical (unpaired) electrons. The molecule has 43 heavy (non-hydrogen) atoms. The number of carboxylic acid groups (broad SMARTS) is 1. The van der Waals surface area contributed by atoms with Crippen LogP contribution in [-0.4, -0.2) is 83.5 Å². The molecule has 2 aromatic carbocycles. The minimum atomic E-state index is -1.19. The zero-order valence-corrected chi connectivity index (χ0v) is 25.3. The minimum absolute atomic E-state index is 0.00341. The third-order valence-electron chi connectivity index (χ3n) is 6.62. The topological polar surface area (TPSA) is 157 Å². The number of aliphatic carboxylic acids is 1. The average Bonchev–Trinajstić information content (AvgIpc) is 2.97. The number of amides is 3. The van der Waals surface area contributed by atoms with Crippen LogP contribution in [0.5, 0.6) is 0 Å². The smallest absolute Gasteiger partial charge is 0.326 e. The highest BCUT2D eigenvalue weighted by Crippen LogP contribution is 2.10. The lowest BCUT2D eigenvalue weighted by molar-refractivity contribution is -0.144. The van der Waals surface area contributed by atoms with Crippen molar-refractivity contribution in [2.45, 2.75) is 71.0 Å². The van der Waals surface area contributed by atoms with Crippen molar-refractivity contribution in [1.29, 1.82) is 0 Å². The number of hydrogen-bond donors (Lipinski definition) is 5. The monoisotopic (exact) mass is 598 g/mol. The SMILES string of the molecule is CCCOCCN(O)CC(=O)N[C@@H](CCc1ccccc1)C(=O)N[C@@H](CC(C)C)C(=O)N[C@@H](Cc1ccccc1)C(=O)O. The Morgan fingerprint density at radius 1 is 0.814 bits per heavy atom. The zero-order chi connectivity index (χ0) is 31.6. The van der Waals surface area contributed by atoms with Crippen molar-refractivity contribution in [3.8, 4) is 0 Å². The summed E-state index contributed by atoms with van der Waals surface area (Å²) in [6.07, 6.45) is 1.91. The Morgan fingerprint density at radius 2 is 1.40 bits per heavy atom. The first-order valence-electron chi connectivity index (χ1n) is 14.8. The zero-order valence-electron chi connectivity index (χ0n) is 25.3. The van der Waals surface area contributed by atoms with Gasteiger partial charge in [0.15, 0.2) is 0 Å². The highest BCUT2D eigenvalue weighted by atomic mass is 16.5. The Balaban J connectivity index is 2.13. The van der Waals surface area contributed by atoms with Gasteiger partial charge in [-0.05, 0) is 42.7 Å². The second kappa shape index (κ2) is 19.4. The summed E-state index contributed by atoms with van der Waals surface area (Å²) in [6.45, 7) is 6.31. The van der Waals surface area contributed by atoms with Gasteiger partial charge >= 0.3 is 5.97 Å². The molecule has 0 unspecified atom stereocenters. The van der Waals surface area contributed by atoms with Crippen LogP contribution in [0.25, 0.3) is 0 Å². The van der Waals surface area contributed by atoms with Gasteiger partial charge in [-0.15, -0.1) is 0 Å². The number of nitrogens with zero attached hydrogens (tertiary/aromatic N) is 1. The molecule has 0 saturated carbocycles. The molecule has 0 aromatic heterocycles. The maximum Gasteiger partial charge on any atom is 0.326 e. The number of carbonyl (C=O) groups excluding carboxylic acids is 3. The molecule has 0 aliphatic rings. The first kappa shape index (κ1) is 35.4. The van der Waals surface area contributed by atoms with Crippen LogP contribution in [0.4, 0.5) is 0 Å². The van der Waals surface area contributed by atoms with Crippen LogP contribution in [-0.2, 0) is 36.8 Å². The number of carbonyl (C=O) groups is 4. The molecular weight excluding hydrogens is 552 g/mol. The second-order valence-electron chi connectivity index (χ2n) is 10.9. The quantitative estimate of drug-likeness (QED) is 0.115. The molecule has 0 spiro atoms. The minimum Gasteiger partial charge on any atom is -0.480 e. The molecule has 0 aliphatic carbocycles. The first-order valence-corrected chi connectivity index (χ1v) is 14.8. The number of carboxylic acids is 1. The molecule has 0 bridgehead atoms. The van der Waals surface area contributed by atoms with E-state index in [4.69, 9.17) is 4.74 Å². The van der Waals surface area contributed by atoms with E-state index in [0.717, 1.165) is 22.6 Å².